The van der Waals surface area contributed by atoms with E-state index < -0.39 is 0 Å². The molecule has 0 fully saturated rings. The molecule has 0 aliphatic heterocycles. The molecule has 0 atom stereocenters. The van der Waals surface area contributed by atoms with Gasteiger partial charge >= 0.3 is 0 Å². The lowest BCUT2D eigenvalue weighted by Gasteiger charge is -2.10. The van der Waals surface area contributed by atoms with Crippen molar-refractivity contribution in [2.45, 2.75) is 20.0 Å². The highest BCUT2D eigenvalue weighted by Gasteiger charge is 1.99. The quantitative estimate of drug-likeness (QED) is 0.840. The molecule has 0 amide bonds. The Kier molecular flexibility index (Phi) is 3.78. The molecule has 2 heteroatoms. The van der Waals surface area contributed by atoms with Crippen LogP contribution in [-0.4, -0.2) is 0 Å². The van der Waals surface area contributed by atoms with Gasteiger partial charge in [0.25, 0.3) is 0 Å². The zero-order chi connectivity index (χ0) is 12.1. The zero-order valence-electron chi connectivity index (χ0n) is 10.1. The largest absolute Gasteiger partial charge is 0.381 e. The third-order valence-corrected chi connectivity index (χ3v) is 2.84. The van der Waals surface area contributed by atoms with Crippen LogP contribution in [0.3, 0.4) is 0 Å². The zero-order valence-corrected chi connectivity index (χ0v) is 10.1. The third-order valence-electron chi connectivity index (χ3n) is 2.84. The Bertz CT molecular complexity index is 492. The standard InChI is InChI=1S/C15H18N2/c1-12-5-4-8-15(9-12)17-11-14-7-3-2-6-13(14)10-16/h2-9,17H,10-11,16H2,1H3. The fraction of sp³-hybridized carbons (Fsp3) is 0.200. The van der Waals surface area contributed by atoms with Crippen LogP contribution in [0.15, 0.2) is 48.5 Å². The van der Waals surface area contributed by atoms with Crippen molar-refractivity contribution in [1.82, 2.24) is 0 Å². The summed E-state index contributed by atoms with van der Waals surface area (Å²) in [6.07, 6.45) is 0. The number of hydrogen-bond donors (Lipinski definition) is 2. The summed E-state index contributed by atoms with van der Waals surface area (Å²) in [7, 11) is 0. The fourth-order valence-corrected chi connectivity index (χ4v) is 1.88. The lowest BCUT2D eigenvalue weighted by atomic mass is 10.1. The van der Waals surface area contributed by atoms with Gasteiger partial charge in [-0.05, 0) is 35.7 Å². The Labute approximate surface area is 102 Å². The summed E-state index contributed by atoms with van der Waals surface area (Å²) in [4.78, 5) is 0. The molecule has 2 nitrogen and oxygen atoms in total. The van der Waals surface area contributed by atoms with Crippen molar-refractivity contribution in [3.8, 4) is 0 Å². The lowest BCUT2D eigenvalue weighted by molar-refractivity contribution is 1.01. The summed E-state index contributed by atoms with van der Waals surface area (Å²) in [5.74, 6) is 0. The average molecular weight is 226 g/mol. The van der Waals surface area contributed by atoms with E-state index in [1.165, 1.54) is 16.7 Å². The van der Waals surface area contributed by atoms with E-state index in [1.54, 1.807) is 0 Å². The van der Waals surface area contributed by atoms with E-state index in [0.717, 1.165) is 12.2 Å². The first kappa shape index (κ1) is 11.7. The van der Waals surface area contributed by atoms with Crippen LogP contribution < -0.4 is 11.1 Å². The fourth-order valence-electron chi connectivity index (χ4n) is 1.88. The van der Waals surface area contributed by atoms with E-state index in [4.69, 9.17) is 5.73 Å². The summed E-state index contributed by atoms with van der Waals surface area (Å²) in [6.45, 7) is 3.50. The molecule has 0 unspecified atom stereocenters. The Morgan fingerprint density at radius 3 is 2.47 bits per heavy atom. The molecule has 3 N–H and O–H groups in total. The number of anilines is 1. The topological polar surface area (TPSA) is 38.0 Å². The van der Waals surface area contributed by atoms with Gasteiger partial charge in [0.05, 0.1) is 0 Å². The van der Waals surface area contributed by atoms with Crippen LogP contribution in [0.25, 0.3) is 0 Å². The second-order valence-corrected chi connectivity index (χ2v) is 4.20. The predicted molar refractivity (Wildman–Crippen MR) is 72.8 cm³/mol. The van der Waals surface area contributed by atoms with Gasteiger partial charge in [-0.15, -0.1) is 0 Å². The highest BCUT2D eigenvalue weighted by atomic mass is 14.9. The van der Waals surface area contributed by atoms with Crippen LogP contribution in [0.4, 0.5) is 5.69 Å². The Morgan fingerprint density at radius 1 is 1.00 bits per heavy atom. The highest BCUT2D eigenvalue weighted by Crippen LogP contribution is 2.13. The van der Waals surface area contributed by atoms with Crippen molar-refractivity contribution < 1.29 is 0 Å². The SMILES string of the molecule is Cc1cccc(NCc2ccccc2CN)c1. The smallest absolute Gasteiger partial charge is 0.0404 e. The molecule has 0 aliphatic carbocycles. The number of benzene rings is 2. The molecular formula is C15H18N2. The van der Waals surface area contributed by atoms with Crippen LogP contribution in [0, 0.1) is 6.92 Å². The van der Waals surface area contributed by atoms with Gasteiger partial charge in [-0.3, -0.25) is 0 Å². The van der Waals surface area contributed by atoms with Gasteiger partial charge in [0.2, 0.25) is 0 Å². The van der Waals surface area contributed by atoms with E-state index in [1.807, 2.05) is 12.1 Å². The van der Waals surface area contributed by atoms with Crippen molar-refractivity contribution in [2.75, 3.05) is 5.32 Å². The molecule has 17 heavy (non-hydrogen) atoms. The second-order valence-electron chi connectivity index (χ2n) is 4.20. The molecule has 0 aliphatic rings. The average Bonchev–Trinajstić information content (AvgIpc) is 2.37. The van der Waals surface area contributed by atoms with Gasteiger partial charge in [0.1, 0.15) is 0 Å². The first-order chi connectivity index (χ1) is 8.29. The molecule has 0 bridgehead atoms. The summed E-state index contributed by atoms with van der Waals surface area (Å²) in [6, 6.07) is 16.7. The number of nitrogens with one attached hydrogen (secondary N) is 1. The van der Waals surface area contributed by atoms with Gasteiger partial charge in [-0.25, -0.2) is 0 Å². The highest BCUT2D eigenvalue weighted by molar-refractivity contribution is 5.46. The van der Waals surface area contributed by atoms with Crippen molar-refractivity contribution in [1.29, 1.82) is 0 Å². The lowest BCUT2D eigenvalue weighted by Crippen LogP contribution is -2.06. The second kappa shape index (κ2) is 5.51. The molecule has 0 saturated heterocycles. The summed E-state index contributed by atoms with van der Waals surface area (Å²) < 4.78 is 0. The van der Waals surface area contributed by atoms with Crippen molar-refractivity contribution in [2.24, 2.45) is 5.73 Å². The number of aryl methyl sites for hydroxylation is 1. The minimum absolute atomic E-state index is 0.589. The number of rotatable bonds is 4. The van der Waals surface area contributed by atoms with Crippen molar-refractivity contribution in [3.63, 3.8) is 0 Å². The molecule has 2 rings (SSSR count). The monoisotopic (exact) mass is 226 g/mol. The van der Waals surface area contributed by atoms with Crippen LogP contribution >= 0.6 is 0 Å². The summed E-state index contributed by atoms with van der Waals surface area (Å²) in [5.41, 5.74) is 10.6. The maximum Gasteiger partial charge on any atom is 0.0404 e. The van der Waals surface area contributed by atoms with Gasteiger partial charge < -0.3 is 11.1 Å². The molecule has 88 valence electrons. The van der Waals surface area contributed by atoms with E-state index in [2.05, 4.69) is 48.6 Å². The first-order valence-electron chi connectivity index (χ1n) is 5.87. The van der Waals surface area contributed by atoms with Crippen LogP contribution in [-0.2, 0) is 13.1 Å². The minimum atomic E-state index is 0.589. The minimum Gasteiger partial charge on any atom is -0.381 e. The van der Waals surface area contributed by atoms with Gasteiger partial charge in [0, 0.05) is 18.8 Å². The van der Waals surface area contributed by atoms with Crippen molar-refractivity contribution in [3.05, 3.63) is 65.2 Å². The molecule has 0 saturated carbocycles. The number of nitrogens with two attached hydrogens (primary N) is 1. The third kappa shape index (κ3) is 3.08. The normalized spacial score (nSPS) is 10.2. The Hall–Kier alpha value is -1.80. The molecule has 2 aromatic rings. The predicted octanol–water partition coefficient (Wildman–Crippen LogP) is 3.07. The van der Waals surface area contributed by atoms with E-state index in [0.29, 0.717) is 6.54 Å². The van der Waals surface area contributed by atoms with E-state index in [-0.39, 0.29) is 0 Å². The Morgan fingerprint density at radius 2 is 1.76 bits per heavy atom. The van der Waals surface area contributed by atoms with Crippen LogP contribution in [0.5, 0.6) is 0 Å². The molecule has 0 heterocycles. The molecule has 0 radical (unpaired) electrons. The maximum absolute atomic E-state index is 5.72. The van der Waals surface area contributed by atoms with Gasteiger partial charge in [-0.2, -0.15) is 0 Å². The van der Waals surface area contributed by atoms with Crippen LogP contribution in [0.1, 0.15) is 16.7 Å². The number of hydrogen-bond acceptors (Lipinski definition) is 2. The van der Waals surface area contributed by atoms with E-state index >= 15 is 0 Å². The molecule has 0 spiro atoms. The Balaban J connectivity index is 2.07. The van der Waals surface area contributed by atoms with E-state index in [9.17, 15) is 0 Å². The van der Waals surface area contributed by atoms with Gasteiger partial charge in [0.15, 0.2) is 0 Å². The van der Waals surface area contributed by atoms with Gasteiger partial charge in [-0.1, -0.05) is 36.4 Å². The molecular weight excluding hydrogens is 208 g/mol. The summed E-state index contributed by atoms with van der Waals surface area (Å²) in [5, 5.41) is 3.42. The molecule has 2 aromatic carbocycles. The maximum atomic E-state index is 5.72. The summed E-state index contributed by atoms with van der Waals surface area (Å²) >= 11 is 0. The first-order valence-corrected chi connectivity index (χ1v) is 5.87. The molecule has 0 aromatic heterocycles. The van der Waals surface area contributed by atoms with Crippen molar-refractivity contribution >= 4 is 5.69 Å². The van der Waals surface area contributed by atoms with Crippen LogP contribution in [0.2, 0.25) is 0 Å².